The number of hydrogen-bond donors (Lipinski definition) is 0. The van der Waals surface area contributed by atoms with Crippen LogP contribution in [0.5, 0.6) is 0 Å². The van der Waals surface area contributed by atoms with Crippen molar-refractivity contribution in [1.29, 1.82) is 0 Å². The fourth-order valence-electron chi connectivity index (χ4n) is 3.72. The molecule has 0 aliphatic carbocycles. The third kappa shape index (κ3) is 3.61. The number of aryl methyl sites for hydroxylation is 1. The summed E-state index contributed by atoms with van der Waals surface area (Å²) in [6.07, 6.45) is 1.64. The largest absolute Gasteiger partial charge is 0.317 e. The van der Waals surface area contributed by atoms with Gasteiger partial charge in [0.05, 0.1) is 16.3 Å². The Morgan fingerprint density at radius 3 is 2.32 bits per heavy atom. The van der Waals surface area contributed by atoms with Crippen LogP contribution in [0, 0.1) is 19.7 Å². The number of ketones is 1. The lowest BCUT2D eigenvalue weighted by atomic mass is 10.1. The van der Waals surface area contributed by atoms with Crippen LogP contribution < -0.4 is 4.90 Å². The molecule has 156 valence electrons. The van der Waals surface area contributed by atoms with Gasteiger partial charge < -0.3 is 4.57 Å². The molecule has 1 aliphatic heterocycles. The first-order valence-corrected chi connectivity index (χ1v) is 10.4. The van der Waals surface area contributed by atoms with E-state index in [2.05, 4.69) is 0 Å². The molecule has 0 saturated carbocycles. The van der Waals surface area contributed by atoms with E-state index in [0.29, 0.717) is 5.56 Å². The van der Waals surface area contributed by atoms with Gasteiger partial charge in [0, 0.05) is 17.0 Å². The molecule has 3 aromatic rings. The molecule has 4 rings (SSSR count). The van der Waals surface area contributed by atoms with Gasteiger partial charge in [0.1, 0.15) is 5.82 Å². The number of halogens is 1. The number of para-hydroxylation sites is 2. The van der Waals surface area contributed by atoms with Crippen molar-refractivity contribution in [3.05, 3.63) is 87.8 Å². The fraction of sp³-hybridized carbons (Fsp3) is 0.125. The number of benzene rings is 2. The van der Waals surface area contributed by atoms with Gasteiger partial charge in [0.15, 0.2) is 5.78 Å². The molecule has 1 fully saturated rings. The van der Waals surface area contributed by atoms with E-state index in [9.17, 15) is 18.8 Å². The lowest BCUT2D eigenvalue weighted by Crippen LogP contribution is -2.28. The third-order valence-electron chi connectivity index (χ3n) is 5.17. The van der Waals surface area contributed by atoms with Crippen LogP contribution >= 0.6 is 11.8 Å². The van der Waals surface area contributed by atoms with Crippen molar-refractivity contribution in [3.63, 3.8) is 0 Å². The highest BCUT2D eigenvalue weighted by molar-refractivity contribution is 8.19. The van der Waals surface area contributed by atoms with Crippen LogP contribution in [0.3, 0.4) is 0 Å². The highest BCUT2D eigenvalue weighted by Crippen LogP contribution is 2.37. The zero-order valence-corrected chi connectivity index (χ0v) is 18.0. The molecule has 0 atom stereocenters. The smallest absolute Gasteiger partial charge is 0.298 e. The highest BCUT2D eigenvalue weighted by atomic mass is 32.2. The summed E-state index contributed by atoms with van der Waals surface area (Å²) in [6, 6.07) is 14.9. The van der Waals surface area contributed by atoms with Crippen LogP contribution in [0.1, 0.15) is 34.2 Å². The fourth-order valence-corrected chi connectivity index (χ4v) is 4.55. The van der Waals surface area contributed by atoms with Crippen LogP contribution in [0.25, 0.3) is 11.8 Å². The Kier molecular flexibility index (Phi) is 5.37. The number of hydrogen-bond acceptors (Lipinski definition) is 4. The molecule has 2 amide bonds. The Morgan fingerprint density at radius 2 is 1.65 bits per heavy atom. The highest BCUT2D eigenvalue weighted by Gasteiger charge is 2.37. The number of anilines is 1. The molecule has 1 saturated heterocycles. The lowest BCUT2D eigenvalue weighted by molar-refractivity contribution is -0.113. The van der Waals surface area contributed by atoms with Gasteiger partial charge in [-0.3, -0.25) is 14.4 Å². The zero-order chi connectivity index (χ0) is 22.3. The molecule has 0 unspecified atom stereocenters. The van der Waals surface area contributed by atoms with E-state index >= 15 is 0 Å². The molecule has 1 aromatic heterocycles. The molecule has 1 aliphatic rings. The van der Waals surface area contributed by atoms with E-state index < -0.39 is 17.0 Å². The Hall–Kier alpha value is -3.45. The van der Waals surface area contributed by atoms with Gasteiger partial charge in [0.2, 0.25) is 0 Å². The number of amides is 2. The third-order valence-corrected chi connectivity index (χ3v) is 6.04. The summed E-state index contributed by atoms with van der Waals surface area (Å²) in [7, 11) is 0. The first kappa shape index (κ1) is 20.8. The maximum absolute atomic E-state index is 14.1. The predicted octanol–water partition coefficient (Wildman–Crippen LogP) is 5.68. The number of imide groups is 1. The summed E-state index contributed by atoms with van der Waals surface area (Å²) >= 11 is 0.776. The predicted molar refractivity (Wildman–Crippen MR) is 120 cm³/mol. The van der Waals surface area contributed by atoms with Gasteiger partial charge >= 0.3 is 0 Å². The van der Waals surface area contributed by atoms with Crippen molar-refractivity contribution in [3.8, 4) is 5.69 Å². The van der Waals surface area contributed by atoms with E-state index in [-0.39, 0.29) is 16.4 Å². The minimum absolute atomic E-state index is 0.0457. The summed E-state index contributed by atoms with van der Waals surface area (Å²) in [5, 5.41) is -0.544. The second-order valence-corrected chi connectivity index (χ2v) is 8.20. The van der Waals surface area contributed by atoms with E-state index in [4.69, 9.17) is 0 Å². The first-order chi connectivity index (χ1) is 14.8. The monoisotopic (exact) mass is 434 g/mol. The number of aromatic nitrogens is 1. The molecular formula is C24H19FN2O3S. The van der Waals surface area contributed by atoms with Crippen molar-refractivity contribution < 1.29 is 18.8 Å². The summed E-state index contributed by atoms with van der Waals surface area (Å²) in [5.74, 6) is -1.24. The summed E-state index contributed by atoms with van der Waals surface area (Å²) in [6.45, 7) is 5.32. The lowest BCUT2D eigenvalue weighted by Gasteiger charge is -2.13. The van der Waals surface area contributed by atoms with Gasteiger partial charge in [-0.2, -0.15) is 0 Å². The maximum Gasteiger partial charge on any atom is 0.298 e. The van der Waals surface area contributed by atoms with Crippen LogP contribution in [0.15, 0.2) is 59.5 Å². The molecular weight excluding hydrogens is 415 g/mol. The van der Waals surface area contributed by atoms with Gasteiger partial charge in [0.25, 0.3) is 11.1 Å². The number of carbonyl (C=O) groups is 3. The number of Topliss-reactive ketones (excluding diaryl/α,β-unsaturated/α-hetero) is 1. The average Bonchev–Trinajstić information content (AvgIpc) is 3.17. The normalized spacial score (nSPS) is 15.2. The van der Waals surface area contributed by atoms with Crippen molar-refractivity contribution >= 4 is 40.5 Å². The van der Waals surface area contributed by atoms with Crippen molar-refractivity contribution in [2.24, 2.45) is 0 Å². The van der Waals surface area contributed by atoms with Crippen molar-refractivity contribution in [2.75, 3.05) is 4.90 Å². The second kappa shape index (κ2) is 8.00. The van der Waals surface area contributed by atoms with Crippen LogP contribution in [-0.2, 0) is 4.79 Å². The Labute approximate surface area is 183 Å². The Balaban J connectivity index is 1.76. The van der Waals surface area contributed by atoms with E-state index in [0.717, 1.165) is 39.3 Å². The molecule has 0 N–H and O–H groups in total. The molecule has 2 heterocycles. The van der Waals surface area contributed by atoms with Crippen LogP contribution in [0.2, 0.25) is 0 Å². The number of rotatable bonds is 4. The maximum atomic E-state index is 14.1. The zero-order valence-electron chi connectivity index (χ0n) is 17.2. The molecule has 5 nitrogen and oxygen atoms in total. The molecule has 31 heavy (non-hydrogen) atoms. The van der Waals surface area contributed by atoms with E-state index in [1.807, 2.05) is 42.7 Å². The SMILES string of the molecule is CC(=O)c1ccccc1-n1c(C)cc(C=C2SC(=O)N(c3ccccc3F)C2=O)c1C. The average molecular weight is 434 g/mol. The number of carbonyl (C=O) groups excluding carboxylic acids is 3. The molecule has 0 spiro atoms. The minimum atomic E-state index is -0.634. The van der Waals surface area contributed by atoms with Gasteiger partial charge in [-0.25, -0.2) is 9.29 Å². The van der Waals surface area contributed by atoms with E-state index in [1.165, 1.54) is 25.1 Å². The quantitative estimate of drug-likeness (QED) is 0.392. The van der Waals surface area contributed by atoms with Crippen LogP contribution in [0.4, 0.5) is 14.9 Å². The van der Waals surface area contributed by atoms with Crippen molar-refractivity contribution in [1.82, 2.24) is 4.57 Å². The molecule has 0 radical (unpaired) electrons. The van der Waals surface area contributed by atoms with Gasteiger partial charge in [-0.1, -0.05) is 24.3 Å². The standard InChI is InChI=1S/C24H19FN2O3S/c1-14-12-17(15(2)26(14)20-10-6-4-8-18(20)16(3)28)13-22-23(29)27(24(30)31-22)21-11-7-5-9-19(21)25/h4-13H,1-3H3. The Morgan fingerprint density at radius 1 is 1.00 bits per heavy atom. The van der Waals surface area contributed by atoms with Gasteiger partial charge in [-0.05, 0) is 74.5 Å². The number of nitrogens with zero attached hydrogens (tertiary/aromatic N) is 2. The summed E-state index contributed by atoms with van der Waals surface area (Å²) in [5.41, 5.74) is 3.73. The van der Waals surface area contributed by atoms with E-state index in [1.54, 1.807) is 18.2 Å². The molecule has 0 bridgehead atoms. The summed E-state index contributed by atoms with van der Waals surface area (Å²) in [4.78, 5) is 38.5. The molecule has 2 aromatic carbocycles. The van der Waals surface area contributed by atoms with Crippen molar-refractivity contribution in [2.45, 2.75) is 20.8 Å². The van der Waals surface area contributed by atoms with Crippen LogP contribution in [-0.4, -0.2) is 21.5 Å². The van der Waals surface area contributed by atoms with Gasteiger partial charge in [-0.15, -0.1) is 0 Å². The topological polar surface area (TPSA) is 59.4 Å². The second-order valence-electron chi connectivity index (χ2n) is 7.20. The Bertz CT molecular complexity index is 1280. The number of thioether (sulfide) groups is 1. The first-order valence-electron chi connectivity index (χ1n) is 9.61. The minimum Gasteiger partial charge on any atom is -0.317 e. The summed E-state index contributed by atoms with van der Waals surface area (Å²) < 4.78 is 16.1. The molecule has 7 heteroatoms.